The molecule has 0 radical (unpaired) electrons. The van der Waals surface area contributed by atoms with Crippen LogP contribution < -0.4 is 5.32 Å². The Morgan fingerprint density at radius 1 is 1.43 bits per heavy atom. The highest BCUT2D eigenvalue weighted by atomic mass is 35.5. The zero-order chi connectivity index (χ0) is 15.0. The average molecular weight is 327 g/mol. The van der Waals surface area contributed by atoms with Gasteiger partial charge in [0.25, 0.3) is 0 Å². The Kier molecular flexibility index (Phi) is 3.67. The SMILES string of the molecule is O=C(Cc1c[nH]c2cccc(Cl)c12)NC1CCS(=O)(=O)C1. The molecule has 1 fully saturated rings. The lowest BCUT2D eigenvalue weighted by Crippen LogP contribution is -2.36. The molecule has 3 rings (SSSR count). The molecule has 1 unspecified atom stereocenters. The summed E-state index contributed by atoms with van der Waals surface area (Å²) in [5.74, 6) is 0.00228. The zero-order valence-electron chi connectivity index (χ0n) is 11.2. The molecule has 21 heavy (non-hydrogen) atoms. The number of benzene rings is 1. The predicted octanol–water partition coefficient (Wildman–Crippen LogP) is 1.67. The molecule has 2 heterocycles. The van der Waals surface area contributed by atoms with Gasteiger partial charge in [-0.15, -0.1) is 0 Å². The van der Waals surface area contributed by atoms with Gasteiger partial charge in [-0.3, -0.25) is 4.79 Å². The van der Waals surface area contributed by atoms with Crippen LogP contribution in [0.15, 0.2) is 24.4 Å². The molecule has 7 heteroatoms. The van der Waals surface area contributed by atoms with Crippen LogP contribution in [0, 0.1) is 0 Å². The fraction of sp³-hybridized carbons (Fsp3) is 0.357. The molecule has 0 aliphatic carbocycles. The molecule has 0 spiro atoms. The van der Waals surface area contributed by atoms with Crippen LogP contribution in [-0.4, -0.2) is 36.9 Å². The van der Waals surface area contributed by atoms with Gasteiger partial charge in [0, 0.05) is 23.1 Å². The normalized spacial score (nSPS) is 20.7. The number of carbonyl (C=O) groups excluding carboxylic acids is 1. The Balaban J connectivity index is 1.72. The summed E-state index contributed by atoms with van der Waals surface area (Å²) in [4.78, 5) is 15.2. The third-order valence-corrected chi connectivity index (χ3v) is 5.77. The average Bonchev–Trinajstić information content (AvgIpc) is 2.94. The molecule has 2 N–H and O–H groups in total. The van der Waals surface area contributed by atoms with Crippen molar-refractivity contribution >= 4 is 38.2 Å². The smallest absolute Gasteiger partial charge is 0.224 e. The number of fused-ring (bicyclic) bond motifs is 1. The van der Waals surface area contributed by atoms with E-state index < -0.39 is 9.84 Å². The number of halogens is 1. The van der Waals surface area contributed by atoms with Crippen LogP contribution in [0.5, 0.6) is 0 Å². The number of sulfone groups is 1. The quantitative estimate of drug-likeness (QED) is 0.900. The lowest BCUT2D eigenvalue weighted by Gasteiger charge is -2.10. The highest BCUT2D eigenvalue weighted by Crippen LogP contribution is 2.26. The van der Waals surface area contributed by atoms with E-state index in [0.717, 1.165) is 16.5 Å². The van der Waals surface area contributed by atoms with E-state index in [2.05, 4.69) is 10.3 Å². The van der Waals surface area contributed by atoms with E-state index in [1.165, 1.54) is 0 Å². The molecule has 1 saturated heterocycles. The molecule has 1 aliphatic heterocycles. The Morgan fingerprint density at radius 3 is 2.95 bits per heavy atom. The minimum Gasteiger partial charge on any atom is -0.361 e. The highest BCUT2D eigenvalue weighted by Gasteiger charge is 2.29. The van der Waals surface area contributed by atoms with Gasteiger partial charge in [0.1, 0.15) is 0 Å². The summed E-state index contributed by atoms with van der Waals surface area (Å²) in [5.41, 5.74) is 1.70. The number of hydrogen-bond donors (Lipinski definition) is 2. The van der Waals surface area contributed by atoms with Crippen molar-refractivity contribution in [3.05, 3.63) is 35.0 Å². The third kappa shape index (κ3) is 3.06. The summed E-state index contributed by atoms with van der Waals surface area (Å²) < 4.78 is 22.8. The van der Waals surface area contributed by atoms with Gasteiger partial charge in [-0.2, -0.15) is 0 Å². The number of amides is 1. The summed E-state index contributed by atoms with van der Waals surface area (Å²) in [6.07, 6.45) is 2.44. The van der Waals surface area contributed by atoms with Gasteiger partial charge in [-0.05, 0) is 24.1 Å². The van der Waals surface area contributed by atoms with Crippen LogP contribution >= 0.6 is 11.6 Å². The van der Waals surface area contributed by atoms with Gasteiger partial charge in [-0.25, -0.2) is 8.42 Å². The first-order valence-corrected chi connectivity index (χ1v) is 8.89. The van der Waals surface area contributed by atoms with E-state index in [-0.39, 0.29) is 29.9 Å². The van der Waals surface area contributed by atoms with Gasteiger partial charge < -0.3 is 10.3 Å². The van der Waals surface area contributed by atoms with Crippen molar-refractivity contribution < 1.29 is 13.2 Å². The molecule has 1 atom stereocenters. The zero-order valence-corrected chi connectivity index (χ0v) is 12.8. The van der Waals surface area contributed by atoms with Crippen LogP contribution in [0.2, 0.25) is 5.02 Å². The Morgan fingerprint density at radius 2 is 2.24 bits per heavy atom. The first kappa shape index (κ1) is 14.4. The lowest BCUT2D eigenvalue weighted by molar-refractivity contribution is -0.120. The molecule has 0 bridgehead atoms. The van der Waals surface area contributed by atoms with Crippen LogP contribution in [0.4, 0.5) is 0 Å². The fourth-order valence-corrected chi connectivity index (χ4v) is 4.68. The van der Waals surface area contributed by atoms with Gasteiger partial charge in [0.15, 0.2) is 9.84 Å². The number of nitrogens with one attached hydrogen (secondary N) is 2. The highest BCUT2D eigenvalue weighted by molar-refractivity contribution is 7.91. The second kappa shape index (κ2) is 5.35. The van der Waals surface area contributed by atoms with Crippen LogP contribution in [-0.2, 0) is 21.1 Å². The Hall–Kier alpha value is -1.53. The van der Waals surface area contributed by atoms with Crippen molar-refractivity contribution in [3.8, 4) is 0 Å². The fourth-order valence-electron chi connectivity index (χ4n) is 2.71. The van der Waals surface area contributed by atoms with Crippen LogP contribution in [0.25, 0.3) is 10.9 Å². The molecule has 1 aromatic carbocycles. The summed E-state index contributed by atoms with van der Waals surface area (Å²) >= 11 is 6.16. The molecule has 1 amide bonds. The molecule has 112 valence electrons. The van der Waals surface area contributed by atoms with E-state index in [1.54, 1.807) is 12.3 Å². The monoisotopic (exact) mass is 326 g/mol. The largest absolute Gasteiger partial charge is 0.361 e. The maximum atomic E-state index is 12.1. The number of aromatic nitrogens is 1. The van der Waals surface area contributed by atoms with E-state index in [1.807, 2.05) is 12.1 Å². The van der Waals surface area contributed by atoms with E-state index in [4.69, 9.17) is 11.6 Å². The molecule has 1 aromatic heterocycles. The van der Waals surface area contributed by atoms with Gasteiger partial charge in [0.2, 0.25) is 5.91 Å². The van der Waals surface area contributed by atoms with Gasteiger partial charge in [-0.1, -0.05) is 17.7 Å². The summed E-state index contributed by atoms with van der Waals surface area (Å²) in [6.45, 7) is 0. The topological polar surface area (TPSA) is 79.0 Å². The van der Waals surface area contributed by atoms with Gasteiger partial charge in [0.05, 0.1) is 22.9 Å². The predicted molar refractivity (Wildman–Crippen MR) is 82.2 cm³/mol. The Labute approximate surface area is 127 Å². The van der Waals surface area contributed by atoms with Crippen molar-refractivity contribution in [1.82, 2.24) is 10.3 Å². The first-order chi connectivity index (χ1) is 9.94. The molecule has 1 aliphatic rings. The number of rotatable bonds is 3. The van der Waals surface area contributed by atoms with E-state index >= 15 is 0 Å². The molecule has 0 saturated carbocycles. The Bertz CT molecular complexity index is 798. The summed E-state index contributed by atoms with van der Waals surface area (Å²) in [6, 6.07) is 5.24. The van der Waals surface area contributed by atoms with Crippen molar-refractivity contribution in [2.24, 2.45) is 0 Å². The lowest BCUT2D eigenvalue weighted by atomic mass is 10.1. The minimum atomic E-state index is -2.99. The molecular formula is C14H15ClN2O3S. The number of hydrogen-bond acceptors (Lipinski definition) is 3. The van der Waals surface area contributed by atoms with Crippen LogP contribution in [0.3, 0.4) is 0 Å². The third-order valence-electron chi connectivity index (χ3n) is 3.69. The maximum absolute atomic E-state index is 12.1. The van der Waals surface area contributed by atoms with Crippen molar-refractivity contribution in [2.75, 3.05) is 11.5 Å². The van der Waals surface area contributed by atoms with Gasteiger partial charge >= 0.3 is 0 Å². The van der Waals surface area contributed by atoms with E-state index in [0.29, 0.717) is 11.4 Å². The van der Waals surface area contributed by atoms with Crippen molar-refractivity contribution in [3.63, 3.8) is 0 Å². The summed E-state index contributed by atoms with van der Waals surface area (Å²) in [5, 5.41) is 4.22. The number of H-pyrrole nitrogens is 1. The minimum absolute atomic E-state index is 0.0351. The number of aromatic amines is 1. The number of carbonyl (C=O) groups is 1. The molecule has 5 nitrogen and oxygen atoms in total. The molecule has 2 aromatic rings. The summed E-state index contributed by atoms with van der Waals surface area (Å²) in [7, 11) is -2.99. The first-order valence-electron chi connectivity index (χ1n) is 6.69. The maximum Gasteiger partial charge on any atom is 0.224 e. The molecular weight excluding hydrogens is 312 g/mol. The van der Waals surface area contributed by atoms with Crippen molar-refractivity contribution in [1.29, 1.82) is 0 Å². The van der Waals surface area contributed by atoms with Crippen LogP contribution in [0.1, 0.15) is 12.0 Å². The van der Waals surface area contributed by atoms with E-state index in [9.17, 15) is 13.2 Å². The second-order valence-electron chi connectivity index (χ2n) is 5.32. The standard InChI is InChI=1S/C14H15ClN2O3S/c15-11-2-1-3-12-14(11)9(7-16-12)6-13(18)17-10-4-5-21(19,20)8-10/h1-3,7,10,16H,4-6,8H2,(H,17,18). The van der Waals surface area contributed by atoms with Crippen molar-refractivity contribution in [2.45, 2.75) is 18.9 Å². The second-order valence-corrected chi connectivity index (χ2v) is 7.96.